The van der Waals surface area contributed by atoms with Crippen LogP contribution in [-0.4, -0.2) is 12.7 Å². The number of benzene rings is 3. The molecule has 0 fully saturated rings. The summed E-state index contributed by atoms with van der Waals surface area (Å²) in [5, 5.41) is 10.7. The van der Waals surface area contributed by atoms with Gasteiger partial charge in [0.15, 0.2) is 0 Å². The van der Waals surface area contributed by atoms with E-state index in [1.54, 1.807) is 6.07 Å². The van der Waals surface area contributed by atoms with Gasteiger partial charge in [0.1, 0.15) is 16.9 Å². The van der Waals surface area contributed by atoms with Gasteiger partial charge >= 0.3 is 7.69 Å². The highest BCUT2D eigenvalue weighted by Crippen LogP contribution is 2.37. The summed E-state index contributed by atoms with van der Waals surface area (Å²) in [5.74, 6) is 0.575. The zero-order valence-corrected chi connectivity index (χ0v) is 11.7. The fourth-order valence-corrected chi connectivity index (χ4v) is 2.76. The van der Waals surface area contributed by atoms with E-state index in [0.29, 0.717) is 13.4 Å². The van der Waals surface area contributed by atoms with E-state index in [-0.39, 0.29) is 0 Å². The highest BCUT2D eigenvalue weighted by Gasteiger charge is 2.12. The lowest BCUT2D eigenvalue weighted by atomic mass is 10.0. The Bertz CT molecular complexity index is 945. The molecule has 3 nitrogen and oxygen atoms in total. The van der Waals surface area contributed by atoms with Gasteiger partial charge in [0, 0.05) is 5.39 Å². The lowest BCUT2D eigenvalue weighted by Crippen LogP contribution is -1.99. The quantitative estimate of drug-likeness (QED) is 0.575. The van der Waals surface area contributed by atoms with Crippen molar-refractivity contribution in [3.8, 4) is 16.9 Å². The molecule has 0 bridgehead atoms. The molecule has 0 saturated heterocycles. The molecule has 1 aromatic heterocycles. The predicted octanol–water partition coefficient (Wildman–Crippen LogP) is 4.16. The van der Waals surface area contributed by atoms with Crippen LogP contribution in [0.3, 0.4) is 0 Å². The summed E-state index contributed by atoms with van der Waals surface area (Å²) in [7, 11) is 0.686. The molecule has 4 heteroatoms. The van der Waals surface area contributed by atoms with Gasteiger partial charge in [-0.3, -0.25) is 0 Å². The predicted molar refractivity (Wildman–Crippen MR) is 87.8 cm³/mol. The van der Waals surface area contributed by atoms with Crippen LogP contribution in [-0.2, 0) is 0 Å². The summed E-state index contributed by atoms with van der Waals surface area (Å²) in [5.41, 5.74) is 3.78. The van der Waals surface area contributed by atoms with Crippen molar-refractivity contribution in [1.29, 1.82) is 0 Å². The average molecular weight is 287 g/mol. The molecule has 3 aromatic carbocycles. The third kappa shape index (κ3) is 2.05. The van der Waals surface area contributed by atoms with E-state index in [4.69, 9.17) is 14.1 Å². The van der Waals surface area contributed by atoms with Crippen LogP contribution in [0.4, 0.5) is 0 Å². The molecule has 4 aromatic rings. The number of hydrogen-bond donors (Lipinski definition) is 1. The van der Waals surface area contributed by atoms with Crippen molar-refractivity contribution >= 4 is 29.6 Å². The van der Waals surface area contributed by atoms with E-state index < -0.39 is 0 Å². The largest absolute Gasteiger partial charge is 0.569 e. The van der Waals surface area contributed by atoms with E-state index >= 15 is 0 Å². The summed E-state index contributed by atoms with van der Waals surface area (Å²) in [4.78, 5) is 0. The van der Waals surface area contributed by atoms with Gasteiger partial charge < -0.3 is 14.1 Å². The highest BCUT2D eigenvalue weighted by molar-refractivity contribution is 6.19. The van der Waals surface area contributed by atoms with Gasteiger partial charge in [-0.2, -0.15) is 0 Å². The molecule has 105 valence electrons. The Labute approximate surface area is 128 Å². The van der Waals surface area contributed by atoms with Crippen molar-refractivity contribution < 1.29 is 14.1 Å². The van der Waals surface area contributed by atoms with Crippen molar-refractivity contribution in [2.24, 2.45) is 0 Å². The van der Waals surface area contributed by atoms with Crippen molar-refractivity contribution in [3.63, 3.8) is 0 Å². The van der Waals surface area contributed by atoms with Crippen LogP contribution in [0.5, 0.6) is 5.75 Å². The van der Waals surface area contributed by atoms with Crippen molar-refractivity contribution in [2.75, 3.05) is 0 Å². The molecule has 0 saturated carbocycles. The van der Waals surface area contributed by atoms with Crippen LogP contribution < -0.4 is 4.65 Å². The first kappa shape index (κ1) is 13.0. The van der Waals surface area contributed by atoms with Gasteiger partial charge in [0.25, 0.3) is 0 Å². The fourth-order valence-electron chi connectivity index (χ4n) is 2.76. The molecule has 0 aliphatic rings. The lowest BCUT2D eigenvalue weighted by Gasteiger charge is -2.03. The van der Waals surface area contributed by atoms with Gasteiger partial charge in [-0.25, -0.2) is 0 Å². The summed E-state index contributed by atoms with van der Waals surface area (Å²) in [6, 6.07) is 21.8. The summed E-state index contributed by atoms with van der Waals surface area (Å²) in [6.07, 6.45) is 0. The Balaban J connectivity index is 1.95. The van der Waals surface area contributed by atoms with Crippen molar-refractivity contribution in [1.82, 2.24) is 0 Å². The minimum absolute atomic E-state index is 0.575. The summed E-state index contributed by atoms with van der Waals surface area (Å²) < 4.78 is 11.1. The van der Waals surface area contributed by atoms with E-state index in [2.05, 4.69) is 18.2 Å². The second-order valence-corrected chi connectivity index (χ2v) is 5.03. The Kier molecular flexibility index (Phi) is 3.09. The number of rotatable bonds is 3. The fraction of sp³-hybridized carbons (Fsp3) is 0. The summed E-state index contributed by atoms with van der Waals surface area (Å²) in [6.45, 7) is 0. The van der Waals surface area contributed by atoms with Crippen LogP contribution in [0.1, 0.15) is 0 Å². The molecule has 1 radical (unpaired) electrons. The molecule has 0 atom stereocenters. The maximum absolute atomic E-state index is 8.90. The summed E-state index contributed by atoms with van der Waals surface area (Å²) >= 11 is 0. The Morgan fingerprint density at radius 2 is 1.68 bits per heavy atom. The first-order chi connectivity index (χ1) is 10.9. The zero-order chi connectivity index (χ0) is 14.9. The third-order valence-electron chi connectivity index (χ3n) is 3.75. The van der Waals surface area contributed by atoms with Crippen LogP contribution >= 0.6 is 0 Å². The van der Waals surface area contributed by atoms with Crippen molar-refractivity contribution in [3.05, 3.63) is 66.7 Å². The van der Waals surface area contributed by atoms with Gasteiger partial charge in [-0.15, -0.1) is 0 Å². The van der Waals surface area contributed by atoms with Gasteiger partial charge in [-0.1, -0.05) is 42.5 Å². The normalized spacial score (nSPS) is 11.0. The van der Waals surface area contributed by atoms with Gasteiger partial charge in [0.2, 0.25) is 0 Å². The number of fused-ring (bicyclic) bond motifs is 3. The standard InChI is InChI=1S/C18H12BO3/c20-19-22-16-8-4-7-15-18(16)14-10-9-13(11-17(14)21-15)12-5-2-1-3-6-12/h1-11,20H. The molecule has 0 unspecified atom stereocenters. The minimum Gasteiger partial charge on any atom is -0.537 e. The maximum atomic E-state index is 8.90. The van der Waals surface area contributed by atoms with Gasteiger partial charge in [0.05, 0.1) is 5.39 Å². The molecular formula is C18H12BO3. The van der Waals surface area contributed by atoms with Crippen molar-refractivity contribution in [2.45, 2.75) is 0 Å². The lowest BCUT2D eigenvalue weighted by molar-refractivity contribution is 0.456. The Morgan fingerprint density at radius 3 is 2.50 bits per heavy atom. The second kappa shape index (κ2) is 5.24. The molecule has 22 heavy (non-hydrogen) atoms. The zero-order valence-electron chi connectivity index (χ0n) is 11.7. The monoisotopic (exact) mass is 287 g/mol. The molecule has 0 aliphatic carbocycles. The number of furan rings is 1. The number of hydrogen-bond acceptors (Lipinski definition) is 3. The molecular weight excluding hydrogens is 275 g/mol. The Morgan fingerprint density at radius 1 is 0.818 bits per heavy atom. The smallest absolute Gasteiger partial charge is 0.537 e. The molecule has 0 amide bonds. The first-order valence-electron chi connectivity index (χ1n) is 7.00. The van der Waals surface area contributed by atoms with E-state index in [0.717, 1.165) is 33.1 Å². The second-order valence-electron chi connectivity index (χ2n) is 5.03. The molecule has 1 heterocycles. The van der Waals surface area contributed by atoms with Crippen LogP contribution in [0.15, 0.2) is 71.1 Å². The maximum Gasteiger partial charge on any atom is 0.569 e. The Hall–Kier alpha value is -2.72. The topological polar surface area (TPSA) is 42.6 Å². The van der Waals surface area contributed by atoms with Gasteiger partial charge in [-0.05, 0) is 35.4 Å². The third-order valence-corrected chi connectivity index (χ3v) is 3.75. The van der Waals surface area contributed by atoms with Crippen LogP contribution in [0, 0.1) is 0 Å². The molecule has 0 spiro atoms. The van der Waals surface area contributed by atoms with E-state index in [9.17, 15) is 0 Å². The first-order valence-corrected chi connectivity index (χ1v) is 7.00. The minimum atomic E-state index is 0.575. The van der Waals surface area contributed by atoms with Crippen LogP contribution in [0.2, 0.25) is 0 Å². The molecule has 0 aliphatic heterocycles. The van der Waals surface area contributed by atoms with E-state index in [1.807, 2.05) is 42.5 Å². The van der Waals surface area contributed by atoms with E-state index in [1.165, 1.54) is 0 Å². The molecule has 4 rings (SSSR count). The average Bonchev–Trinajstić information content (AvgIpc) is 2.94. The SMILES string of the molecule is O[B]Oc1cccc2oc3cc(-c4ccccc4)ccc3c12. The highest BCUT2D eigenvalue weighted by atomic mass is 16.5. The molecule has 1 N–H and O–H groups in total. The van der Waals surface area contributed by atoms with Crippen LogP contribution in [0.25, 0.3) is 33.1 Å².